The third-order valence-electron chi connectivity index (χ3n) is 3.24. The van der Waals surface area contributed by atoms with Gasteiger partial charge in [0.25, 0.3) is 0 Å². The molecule has 1 aromatic carbocycles. The highest BCUT2D eigenvalue weighted by Crippen LogP contribution is 2.12. The largest absolute Gasteiger partial charge is 0.396 e. The molecule has 0 spiro atoms. The first kappa shape index (κ1) is 16.4. The number of rotatable bonds is 7. The maximum absolute atomic E-state index is 12.2. The molecule has 6 nitrogen and oxygen atoms in total. The number of hydrogen-bond donors (Lipinski definition) is 2. The highest BCUT2D eigenvalue weighted by molar-refractivity contribution is 7.89. The van der Waals surface area contributed by atoms with Crippen molar-refractivity contribution in [3.8, 4) is 0 Å². The summed E-state index contributed by atoms with van der Waals surface area (Å²) in [5.41, 5.74) is 1.01. The lowest BCUT2D eigenvalue weighted by atomic mass is 10.1. The van der Waals surface area contributed by atoms with Crippen LogP contribution < -0.4 is 4.72 Å². The van der Waals surface area contributed by atoms with E-state index in [1.54, 1.807) is 24.3 Å². The third kappa shape index (κ3) is 5.05. The molecule has 0 radical (unpaired) electrons. The van der Waals surface area contributed by atoms with E-state index < -0.39 is 10.0 Å². The summed E-state index contributed by atoms with van der Waals surface area (Å²) in [6.45, 7) is 1.78. The van der Waals surface area contributed by atoms with Crippen molar-refractivity contribution in [3.63, 3.8) is 0 Å². The van der Waals surface area contributed by atoms with Gasteiger partial charge in [-0.2, -0.15) is 0 Å². The van der Waals surface area contributed by atoms with Crippen LogP contribution in [0.3, 0.4) is 0 Å². The smallest absolute Gasteiger partial charge is 0.240 e. The summed E-state index contributed by atoms with van der Waals surface area (Å²) in [6.07, 6.45) is 1.17. The van der Waals surface area contributed by atoms with E-state index in [0.29, 0.717) is 26.2 Å². The van der Waals surface area contributed by atoms with Gasteiger partial charge in [0.15, 0.2) is 0 Å². The van der Waals surface area contributed by atoms with Gasteiger partial charge >= 0.3 is 0 Å². The molecule has 0 aliphatic carbocycles. The molecule has 1 unspecified atom stereocenters. The number of benzene rings is 1. The van der Waals surface area contributed by atoms with Gasteiger partial charge in [-0.15, -0.1) is 0 Å². The fraction of sp³-hybridized carbons (Fsp3) is 0.571. The van der Waals surface area contributed by atoms with E-state index in [4.69, 9.17) is 14.6 Å². The van der Waals surface area contributed by atoms with E-state index in [0.717, 1.165) is 12.0 Å². The van der Waals surface area contributed by atoms with Crippen molar-refractivity contribution in [3.05, 3.63) is 29.8 Å². The molecule has 7 heteroatoms. The maximum atomic E-state index is 12.2. The molecule has 0 amide bonds. The third-order valence-corrected chi connectivity index (χ3v) is 4.68. The summed E-state index contributed by atoms with van der Waals surface area (Å²) in [4.78, 5) is 0.229. The van der Waals surface area contributed by atoms with Crippen molar-refractivity contribution in [2.45, 2.75) is 23.8 Å². The summed E-state index contributed by atoms with van der Waals surface area (Å²) in [7, 11) is -3.53. The Bertz CT molecular complexity index is 523. The molecule has 0 bridgehead atoms. The van der Waals surface area contributed by atoms with E-state index >= 15 is 0 Å². The zero-order valence-corrected chi connectivity index (χ0v) is 12.6. The standard InChI is InChI=1S/C14H21NO5S/c16-7-1-2-12-3-5-14(6-4-12)21(17,18)15-10-13-11-19-8-9-20-13/h3-6,13,15-16H,1-2,7-11H2. The molecule has 1 aromatic rings. The van der Waals surface area contributed by atoms with Crippen LogP contribution in [0.25, 0.3) is 0 Å². The van der Waals surface area contributed by atoms with E-state index in [2.05, 4.69) is 4.72 Å². The predicted molar refractivity (Wildman–Crippen MR) is 77.6 cm³/mol. The molecule has 1 saturated heterocycles. The van der Waals surface area contributed by atoms with Gasteiger partial charge in [-0.1, -0.05) is 12.1 Å². The Balaban J connectivity index is 1.91. The average molecular weight is 315 g/mol. The minimum atomic E-state index is -3.53. The number of sulfonamides is 1. The Morgan fingerprint density at radius 2 is 2.00 bits per heavy atom. The van der Waals surface area contributed by atoms with E-state index in [9.17, 15) is 8.42 Å². The first-order valence-electron chi connectivity index (χ1n) is 7.00. The number of ether oxygens (including phenoxy) is 2. The van der Waals surface area contributed by atoms with Crippen molar-refractivity contribution in [1.82, 2.24) is 4.72 Å². The molecule has 1 aliphatic rings. The van der Waals surface area contributed by atoms with Crippen molar-refractivity contribution >= 4 is 10.0 Å². The number of hydrogen-bond acceptors (Lipinski definition) is 5. The second-order valence-electron chi connectivity index (χ2n) is 4.89. The lowest BCUT2D eigenvalue weighted by Gasteiger charge is -2.23. The van der Waals surface area contributed by atoms with E-state index in [1.165, 1.54) is 0 Å². The minimum absolute atomic E-state index is 0.130. The molecule has 2 N–H and O–H groups in total. The fourth-order valence-electron chi connectivity index (χ4n) is 2.06. The van der Waals surface area contributed by atoms with Crippen LogP contribution in [0.2, 0.25) is 0 Å². The average Bonchev–Trinajstić information content (AvgIpc) is 2.52. The molecule has 1 fully saturated rings. The van der Waals surface area contributed by atoms with Crippen LogP contribution in [0.15, 0.2) is 29.2 Å². The number of aryl methyl sites for hydroxylation is 1. The molecule has 21 heavy (non-hydrogen) atoms. The van der Waals surface area contributed by atoms with Crippen molar-refractivity contribution in [1.29, 1.82) is 0 Å². The summed E-state index contributed by atoms with van der Waals surface area (Å²) in [5.74, 6) is 0. The van der Waals surface area contributed by atoms with E-state index in [-0.39, 0.29) is 24.2 Å². The van der Waals surface area contributed by atoms with Gasteiger partial charge in [-0.3, -0.25) is 0 Å². The SMILES string of the molecule is O=S(=O)(NCC1COCCO1)c1ccc(CCCO)cc1. The van der Waals surface area contributed by atoms with Gasteiger partial charge in [0.05, 0.1) is 30.8 Å². The zero-order valence-electron chi connectivity index (χ0n) is 11.8. The highest BCUT2D eigenvalue weighted by Gasteiger charge is 2.19. The minimum Gasteiger partial charge on any atom is -0.396 e. The highest BCUT2D eigenvalue weighted by atomic mass is 32.2. The predicted octanol–water partition coefficient (Wildman–Crippen LogP) is 0.305. The second-order valence-corrected chi connectivity index (χ2v) is 6.66. The maximum Gasteiger partial charge on any atom is 0.240 e. The van der Waals surface area contributed by atoms with Crippen LogP contribution in [-0.2, 0) is 25.9 Å². The zero-order chi connectivity index (χ0) is 15.1. The van der Waals surface area contributed by atoms with Crippen LogP contribution in [0.5, 0.6) is 0 Å². The van der Waals surface area contributed by atoms with Gasteiger partial charge in [-0.25, -0.2) is 13.1 Å². The normalized spacial score (nSPS) is 19.6. The first-order chi connectivity index (χ1) is 10.1. The first-order valence-corrected chi connectivity index (χ1v) is 8.49. The molecule has 2 rings (SSSR count). The van der Waals surface area contributed by atoms with E-state index in [1.807, 2.05) is 0 Å². The lowest BCUT2D eigenvalue weighted by Crippen LogP contribution is -2.39. The van der Waals surface area contributed by atoms with Gasteiger partial charge in [-0.05, 0) is 30.5 Å². The number of nitrogens with one attached hydrogen (secondary N) is 1. The number of aliphatic hydroxyl groups is 1. The Morgan fingerprint density at radius 3 is 2.62 bits per heavy atom. The molecule has 0 saturated carbocycles. The molecule has 118 valence electrons. The Morgan fingerprint density at radius 1 is 1.24 bits per heavy atom. The van der Waals surface area contributed by atoms with Crippen LogP contribution in [0.1, 0.15) is 12.0 Å². The van der Waals surface area contributed by atoms with Gasteiger partial charge in [0, 0.05) is 13.2 Å². The summed E-state index contributed by atoms with van der Waals surface area (Å²) < 4.78 is 37.5. The van der Waals surface area contributed by atoms with Crippen LogP contribution in [0, 0.1) is 0 Å². The summed E-state index contributed by atoms with van der Waals surface area (Å²) in [6, 6.07) is 6.69. The van der Waals surface area contributed by atoms with Crippen molar-refractivity contribution in [2.24, 2.45) is 0 Å². The van der Waals surface area contributed by atoms with Gasteiger partial charge < -0.3 is 14.6 Å². The molecular formula is C14H21NO5S. The lowest BCUT2D eigenvalue weighted by molar-refractivity contribution is -0.0846. The second kappa shape index (κ2) is 7.86. The molecule has 1 heterocycles. The van der Waals surface area contributed by atoms with Crippen molar-refractivity contribution < 1.29 is 23.0 Å². The van der Waals surface area contributed by atoms with Crippen LogP contribution >= 0.6 is 0 Å². The quantitative estimate of drug-likeness (QED) is 0.756. The summed E-state index contributed by atoms with van der Waals surface area (Å²) in [5, 5.41) is 8.78. The Labute approximate surface area is 125 Å². The van der Waals surface area contributed by atoms with Crippen molar-refractivity contribution in [2.75, 3.05) is 33.0 Å². The molecular weight excluding hydrogens is 294 g/mol. The number of aliphatic hydroxyl groups excluding tert-OH is 1. The fourth-order valence-corrected chi connectivity index (χ4v) is 3.13. The Kier molecular flexibility index (Phi) is 6.13. The van der Waals surface area contributed by atoms with Gasteiger partial charge in [0.1, 0.15) is 0 Å². The van der Waals surface area contributed by atoms with Crippen LogP contribution in [-0.4, -0.2) is 52.6 Å². The Hall–Kier alpha value is -0.990. The molecule has 1 atom stereocenters. The summed E-state index contributed by atoms with van der Waals surface area (Å²) >= 11 is 0. The topological polar surface area (TPSA) is 84.9 Å². The monoisotopic (exact) mass is 315 g/mol. The molecule has 1 aliphatic heterocycles. The molecule has 0 aromatic heterocycles. The van der Waals surface area contributed by atoms with Crippen LogP contribution in [0.4, 0.5) is 0 Å². The van der Waals surface area contributed by atoms with Gasteiger partial charge in [0.2, 0.25) is 10.0 Å².